The summed E-state index contributed by atoms with van der Waals surface area (Å²) in [5, 5.41) is 6.63. The molecule has 0 saturated carbocycles. The monoisotopic (exact) mass is 742 g/mol. The molecule has 12 aromatic rings. The average molecular weight is 743 g/mol. The highest BCUT2D eigenvalue weighted by Crippen LogP contribution is 2.48. The van der Waals surface area contributed by atoms with E-state index in [-0.39, 0.29) is 0 Å². The molecular formula is C54H34N2O2. The Hall–Kier alpha value is -7.82. The second kappa shape index (κ2) is 12.9. The second-order valence-electron chi connectivity index (χ2n) is 14.9. The molecule has 0 atom stereocenters. The lowest BCUT2D eigenvalue weighted by atomic mass is 10.0. The minimum Gasteiger partial charge on any atom is -0.456 e. The Morgan fingerprint density at radius 1 is 0.345 bits per heavy atom. The Morgan fingerprint density at radius 3 is 1.71 bits per heavy atom. The molecule has 0 aliphatic heterocycles. The van der Waals surface area contributed by atoms with Gasteiger partial charge in [-0.2, -0.15) is 0 Å². The summed E-state index contributed by atoms with van der Waals surface area (Å²) in [6.07, 6.45) is 0. The first-order valence-electron chi connectivity index (χ1n) is 19.7. The van der Waals surface area contributed by atoms with E-state index < -0.39 is 0 Å². The number of hydrogen-bond donors (Lipinski definition) is 0. The van der Waals surface area contributed by atoms with E-state index in [0.717, 1.165) is 83.2 Å². The first-order valence-corrected chi connectivity index (χ1v) is 19.7. The van der Waals surface area contributed by atoms with Crippen LogP contribution in [0.15, 0.2) is 215 Å². The van der Waals surface area contributed by atoms with Gasteiger partial charge >= 0.3 is 0 Å². The van der Waals surface area contributed by atoms with Crippen LogP contribution < -0.4 is 4.90 Å². The minimum atomic E-state index is 0.813. The van der Waals surface area contributed by atoms with Gasteiger partial charge < -0.3 is 18.3 Å². The van der Waals surface area contributed by atoms with Crippen molar-refractivity contribution in [2.45, 2.75) is 0 Å². The van der Waals surface area contributed by atoms with E-state index in [1.54, 1.807) is 0 Å². The summed E-state index contributed by atoms with van der Waals surface area (Å²) in [4.78, 5) is 2.36. The topological polar surface area (TPSA) is 34.5 Å². The number of fused-ring (bicyclic) bond motifs is 9. The van der Waals surface area contributed by atoms with Gasteiger partial charge in [0.25, 0.3) is 0 Å². The maximum absolute atomic E-state index is 6.93. The summed E-state index contributed by atoms with van der Waals surface area (Å²) in [6, 6.07) is 73.2. The molecule has 0 radical (unpaired) electrons. The van der Waals surface area contributed by atoms with Crippen molar-refractivity contribution in [2.24, 2.45) is 0 Å². The number of furan rings is 2. The normalized spacial score (nSPS) is 11.8. The van der Waals surface area contributed by atoms with Gasteiger partial charge in [-0.15, -0.1) is 0 Å². The van der Waals surface area contributed by atoms with Gasteiger partial charge in [0.1, 0.15) is 16.7 Å². The number of rotatable bonds is 6. The Labute approximate surface area is 334 Å². The molecule has 4 nitrogen and oxygen atoms in total. The summed E-state index contributed by atoms with van der Waals surface area (Å²) < 4.78 is 15.9. The van der Waals surface area contributed by atoms with Gasteiger partial charge in [0.15, 0.2) is 5.58 Å². The molecule has 0 saturated heterocycles. The fraction of sp³-hybridized carbons (Fsp3) is 0. The molecule has 0 spiro atoms. The molecule has 3 heterocycles. The van der Waals surface area contributed by atoms with Crippen LogP contribution in [0.1, 0.15) is 0 Å². The van der Waals surface area contributed by atoms with Gasteiger partial charge in [-0.25, -0.2) is 0 Å². The fourth-order valence-corrected chi connectivity index (χ4v) is 8.93. The van der Waals surface area contributed by atoms with Gasteiger partial charge in [0.2, 0.25) is 0 Å². The maximum Gasteiger partial charge on any atom is 0.159 e. The highest BCUT2D eigenvalue weighted by Gasteiger charge is 2.25. The lowest BCUT2D eigenvalue weighted by Crippen LogP contribution is -2.11. The van der Waals surface area contributed by atoms with E-state index in [2.05, 4.69) is 198 Å². The highest BCUT2D eigenvalue weighted by molar-refractivity contribution is 6.17. The molecule has 0 N–H and O–H groups in total. The van der Waals surface area contributed by atoms with E-state index in [4.69, 9.17) is 8.83 Å². The Bertz CT molecular complexity index is 3500. The summed E-state index contributed by atoms with van der Waals surface area (Å²) >= 11 is 0. The molecule has 0 bridgehead atoms. The molecule has 0 unspecified atom stereocenters. The van der Waals surface area contributed by atoms with E-state index in [0.29, 0.717) is 0 Å². The van der Waals surface area contributed by atoms with Gasteiger partial charge in [-0.05, 0) is 82.9 Å². The zero-order chi connectivity index (χ0) is 38.2. The van der Waals surface area contributed by atoms with E-state index in [1.807, 2.05) is 18.2 Å². The number of para-hydroxylation sites is 3. The van der Waals surface area contributed by atoms with Crippen molar-refractivity contribution < 1.29 is 8.83 Å². The van der Waals surface area contributed by atoms with Crippen LogP contribution >= 0.6 is 0 Å². The van der Waals surface area contributed by atoms with Crippen LogP contribution in [-0.2, 0) is 0 Å². The molecular weight excluding hydrogens is 709 g/mol. The SMILES string of the molecule is c1ccc(-c2ccc(N(c3cc(-n4c5ccccc5c5ccc(-c6ccccc6)cc54)cc4c3oc3ccccc34)c3cccc4oc5ccccc5c34)cc2)cc1. The molecule has 4 heteroatoms. The van der Waals surface area contributed by atoms with Crippen molar-refractivity contribution in [3.05, 3.63) is 206 Å². The van der Waals surface area contributed by atoms with Crippen LogP contribution in [0.3, 0.4) is 0 Å². The average Bonchev–Trinajstić information content (AvgIpc) is 3.97. The number of aromatic nitrogens is 1. The predicted octanol–water partition coefficient (Wildman–Crippen LogP) is 15.4. The third kappa shape index (κ3) is 5.02. The van der Waals surface area contributed by atoms with Crippen molar-refractivity contribution in [3.8, 4) is 27.9 Å². The molecule has 0 amide bonds. The highest BCUT2D eigenvalue weighted by atomic mass is 16.3. The van der Waals surface area contributed by atoms with Crippen LogP contribution in [0.5, 0.6) is 0 Å². The standard InChI is InChI=1S/C54H34N2O2/c1-3-14-35(15-4-1)37-26-29-39(30-27-37)55(47-22-13-25-52-53(47)44-20-9-12-24-51(44)57-52)49-34-40(33-45-43-19-8-11-23-50(43)58-54(45)49)56-46-21-10-7-18-41(46)42-31-28-38(32-48(42)56)36-16-5-2-6-17-36/h1-34H. The minimum absolute atomic E-state index is 0.813. The van der Waals surface area contributed by atoms with Crippen molar-refractivity contribution in [3.63, 3.8) is 0 Å². The summed E-state index contributed by atoms with van der Waals surface area (Å²) in [6.45, 7) is 0. The quantitative estimate of drug-likeness (QED) is 0.170. The molecule has 58 heavy (non-hydrogen) atoms. The molecule has 0 fully saturated rings. The van der Waals surface area contributed by atoms with Crippen molar-refractivity contribution in [1.29, 1.82) is 0 Å². The van der Waals surface area contributed by atoms with Crippen LogP contribution in [0, 0.1) is 0 Å². The van der Waals surface area contributed by atoms with Crippen LogP contribution in [0.4, 0.5) is 17.1 Å². The van der Waals surface area contributed by atoms with Crippen molar-refractivity contribution in [1.82, 2.24) is 4.57 Å². The molecule has 272 valence electrons. The summed E-state index contributed by atoms with van der Waals surface area (Å²) in [7, 11) is 0. The smallest absolute Gasteiger partial charge is 0.159 e. The molecule has 3 aromatic heterocycles. The van der Waals surface area contributed by atoms with Gasteiger partial charge in [-0.1, -0.05) is 146 Å². The third-order valence-electron chi connectivity index (χ3n) is 11.6. The Balaban J connectivity index is 1.19. The third-order valence-corrected chi connectivity index (χ3v) is 11.6. The second-order valence-corrected chi connectivity index (χ2v) is 14.9. The lowest BCUT2D eigenvalue weighted by Gasteiger charge is -2.27. The number of hydrogen-bond acceptors (Lipinski definition) is 3. The number of benzene rings is 9. The van der Waals surface area contributed by atoms with E-state index in [1.165, 1.54) is 27.5 Å². The maximum atomic E-state index is 6.93. The first kappa shape index (κ1) is 32.4. The molecule has 9 aromatic carbocycles. The van der Waals surface area contributed by atoms with Gasteiger partial charge in [-0.3, -0.25) is 0 Å². The Morgan fingerprint density at radius 2 is 0.931 bits per heavy atom. The van der Waals surface area contributed by atoms with Crippen molar-refractivity contribution >= 4 is 82.7 Å². The van der Waals surface area contributed by atoms with Crippen LogP contribution in [-0.4, -0.2) is 4.57 Å². The lowest BCUT2D eigenvalue weighted by molar-refractivity contribution is 0.668. The molecule has 0 aliphatic carbocycles. The zero-order valence-electron chi connectivity index (χ0n) is 31.3. The van der Waals surface area contributed by atoms with E-state index in [9.17, 15) is 0 Å². The number of anilines is 3. The Kier molecular flexibility index (Phi) is 7.20. The van der Waals surface area contributed by atoms with Crippen LogP contribution in [0.2, 0.25) is 0 Å². The molecule has 12 rings (SSSR count). The zero-order valence-corrected chi connectivity index (χ0v) is 31.3. The van der Waals surface area contributed by atoms with Crippen LogP contribution in [0.25, 0.3) is 93.6 Å². The largest absolute Gasteiger partial charge is 0.456 e. The number of nitrogens with zero attached hydrogens (tertiary/aromatic N) is 2. The van der Waals surface area contributed by atoms with Gasteiger partial charge in [0.05, 0.1) is 27.8 Å². The fourth-order valence-electron chi connectivity index (χ4n) is 8.93. The van der Waals surface area contributed by atoms with Gasteiger partial charge in [0, 0.05) is 38.3 Å². The summed E-state index contributed by atoms with van der Waals surface area (Å²) in [5.41, 5.74) is 14.3. The van der Waals surface area contributed by atoms with Crippen molar-refractivity contribution in [2.75, 3.05) is 4.90 Å². The summed E-state index contributed by atoms with van der Waals surface area (Å²) in [5.74, 6) is 0. The molecule has 0 aliphatic rings. The van der Waals surface area contributed by atoms with E-state index >= 15 is 0 Å². The predicted molar refractivity (Wildman–Crippen MR) is 241 cm³/mol. The first-order chi connectivity index (χ1) is 28.8.